The van der Waals surface area contributed by atoms with Crippen molar-refractivity contribution in [3.8, 4) is 0 Å². The van der Waals surface area contributed by atoms with E-state index in [2.05, 4.69) is 40.0 Å². The second kappa shape index (κ2) is 5.61. The third-order valence-electron chi connectivity index (χ3n) is 3.51. The molecule has 19 heavy (non-hydrogen) atoms. The van der Waals surface area contributed by atoms with Crippen molar-refractivity contribution in [2.24, 2.45) is 0 Å². The highest BCUT2D eigenvalue weighted by Gasteiger charge is 2.17. The van der Waals surface area contributed by atoms with Crippen LogP contribution in [0.4, 0.5) is 5.69 Å². The Balaban J connectivity index is 1.72. The molecule has 1 aromatic rings. The molecule has 0 aliphatic carbocycles. The average Bonchev–Trinajstić information content (AvgIpc) is 2.97. The molecule has 0 spiro atoms. The molecule has 0 bridgehead atoms. The van der Waals surface area contributed by atoms with E-state index in [-0.39, 0.29) is 12.7 Å². The Kier molecular flexibility index (Phi) is 3.68. The number of hydroxylamine groups is 1. The number of benzene rings is 1. The molecule has 102 valence electrons. The lowest BCUT2D eigenvalue weighted by Gasteiger charge is -2.29. The number of hydrogen-bond acceptors (Lipinski definition) is 5. The van der Waals surface area contributed by atoms with E-state index >= 15 is 0 Å². The van der Waals surface area contributed by atoms with Gasteiger partial charge in [0.15, 0.2) is 0 Å². The minimum absolute atomic E-state index is 0.00460. The average molecular weight is 261 g/mol. The van der Waals surface area contributed by atoms with Crippen molar-refractivity contribution >= 4 is 11.4 Å². The highest BCUT2D eigenvalue weighted by Crippen LogP contribution is 2.22. The van der Waals surface area contributed by atoms with Gasteiger partial charge in [-0.05, 0) is 23.8 Å². The molecule has 1 unspecified atom stereocenters. The Morgan fingerprint density at radius 2 is 1.95 bits per heavy atom. The van der Waals surface area contributed by atoms with Crippen LogP contribution in [0.15, 0.2) is 30.3 Å². The third kappa shape index (κ3) is 2.73. The first-order valence-electron chi connectivity index (χ1n) is 6.67. The first-order chi connectivity index (χ1) is 9.36. The lowest BCUT2D eigenvalue weighted by atomic mass is 10.1. The summed E-state index contributed by atoms with van der Waals surface area (Å²) in [6.07, 6.45) is 1.66. The lowest BCUT2D eigenvalue weighted by Crippen LogP contribution is -2.43. The van der Waals surface area contributed by atoms with E-state index in [1.54, 1.807) is 0 Å². The van der Waals surface area contributed by atoms with E-state index < -0.39 is 0 Å². The smallest absolute Gasteiger partial charge is 0.129 e. The highest BCUT2D eigenvalue weighted by molar-refractivity contribution is 5.67. The molecule has 1 aromatic carbocycles. The maximum atomic E-state index is 9.02. The fraction of sp³-hybridized carbons (Fsp3) is 0.429. The molecule has 0 saturated carbocycles. The molecule has 1 saturated heterocycles. The Bertz CT molecular complexity index is 452. The summed E-state index contributed by atoms with van der Waals surface area (Å²) in [6.45, 7) is 4.18. The summed E-state index contributed by atoms with van der Waals surface area (Å²) < 4.78 is 0. The van der Waals surface area contributed by atoms with Gasteiger partial charge < -0.3 is 15.3 Å². The number of rotatable bonds is 3. The molecule has 0 amide bonds. The van der Waals surface area contributed by atoms with Crippen molar-refractivity contribution in [1.82, 2.24) is 10.8 Å². The summed E-state index contributed by atoms with van der Waals surface area (Å²) in [5.74, 6) is 0. The first kappa shape index (κ1) is 12.5. The van der Waals surface area contributed by atoms with Gasteiger partial charge in [-0.3, -0.25) is 10.3 Å². The van der Waals surface area contributed by atoms with Gasteiger partial charge in [-0.15, -0.1) is 0 Å². The van der Waals surface area contributed by atoms with Crippen molar-refractivity contribution < 1.29 is 9.94 Å². The van der Waals surface area contributed by atoms with Crippen LogP contribution in [0, 0.1) is 0 Å². The van der Waals surface area contributed by atoms with E-state index in [0.29, 0.717) is 0 Å². The molecule has 1 fully saturated rings. The van der Waals surface area contributed by atoms with Crippen molar-refractivity contribution in [2.45, 2.75) is 6.10 Å². The Morgan fingerprint density at radius 1 is 1.21 bits per heavy atom. The zero-order chi connectivity index (χ0) is 13.1. The predicted molar refractivity (Wildman–Crippen MR) is 74.6 cm³/mol. The first-order valence-corrected chi connectivity index (χ1v) is 6.67. The predicted octanol–water partition coefficient (Wildman–Crippen LogP) is 0.333. The largest absolute Gasteiger partial charge is 0.393 e. The van der Waals surface area contributed by atoms with Gasteiger partial charge in [-0.2, -0.15) is 0 Å². The van der Waals surface area contributed by atoms with E-state index in [0.717, 1.165) is 37.4 Å². The fourth-order valence-electron chi connectivity index (χ4n) is 2.41. The highest BCUT2D eigenvalue weighted by atomic mass is 16.7. The Morgan fingerprint density at radius 3 is 2.58 bits per heavy atom. The molecular weight excluding hydrogens is 242 g/mol. The summed E-state index contributed by atoms with van der Waals surface area (Å²) in [7, 11) is 0. The molecule has 2 heterocycles. The molecule has 5 heteroatoms. The van der Waals surface area contributed by atoms with Crippen molar-refractivity contribution in [1.29, 1.82) is 0 Å². The summed E-state index contributed by atoms with van der Waals surface area (Å²) in [6, 6.07) is 8.43. The van der Waals surface area contributed by atoms with E-state index in [9.17, 15) is 0 Å². The Hall–Kier alpha value is -1.56. The molecule has 3 N–H and O–H groups in total. The van der Waals surface area contributed by atoms with Crippen LogP contribution in [0.2, 0.25) is 0 Å². The monoisotopic (exact) mass is 261 g/mol. The number of aliphatic hydroxyl groups excluding tert-OH is 1. The molecule has 0 aromatic heterocycles. The number of aliphatic hydroxyl groups is 1. The van der Waals surface area contributed by atoms with Gasteiger partial charge >= 0.3 is 0 Å². The molecular formula is C14H19N3O2. The molecule has 5 nitrogen and oxygen atoms in total. The molecule has 0 radical (unpaired) electrons. The van der Waals surface area contributed by atoms with Crippen molar-refractivity contribution in [3.63, 3.8) is 0 Å². The van der Waals surface area contributed by atoms with E-state index in [4.69, 9.17) is 9.94 Å². The molecule has 2 aliphatic rings. The summed E-state index contributed by atoms with van der Waals surface area (Å²) in [5, 5.41) is 12.4. The summed E-state index contributed by atoms with van der Waals surface area (Å²) in [4.78, 5) is 7.58. The maximum absolute atomic E-state index is 9.02. The van der Waals surface area contributed by atoms with Gasteiger partial charge in [0, 0.05) is 31.9 Å². The lowest BCUT2D eigenvalue weighted by molar-refractivity contribution is 0.0173. The number of hydrogen-bond donors (Lipinski definition) is 3. The van der Waals surface area contributed by atoms with Crippen LogP contribution < -0.4 is 15.7 Å². The van der Waals surface area contributed by atoms with Crippen LogP contribution in [0.5, 0.6) is 0 Å². The van der Waals surface area contributed by atoms with Gasteiger partial charge in [0.2, 0.25) is 0 Å². The maximum Gasteiger partial charge on any atom is 0.129 e. The zero-order valence-electron chi connectivity index (χ0n) is 10.8. The Labute approximate surface area is 112 Å². The molecule has 1 atom stereocenters. The SMILES string of the molecule is OCC1C=C(c2ccc(N3CCNCC3)cc2)NO1. The minimum Gasteiger partial charge on any atom is -0.393 e. The van der Waals surface area contributed by atoms with Gasteiger partial charge in [-0.1, -0.05) is 12.1 Å². The van der Waals surface area contributed by atoms with E-state index in [1.165, 1.54) is 5.69 Å². The van der Waals surface area contributed by atoms with E-state index in [1.807, 2.05) is 6.08 Å². The van der Waals surface area contributed by atoms with Gasteiger partial charge in [0.25, 0.3) is 0 Å². The molecule has 2 aliphatic heterocycles. The van der Waals surface area contributed by atoms with Gasteiger partial charge in [0.05, 0.1) is 12.3 Å². The normalized spacial score (nSPS) is 23.1. The van der Waals surface area contributed by atoms with Crippen LogP contribution in [0.25, 0.3) is 5.70 Å². The van der Waals surface area contributed by atoms with Crippen LogP contribution in [-0.4, -0.2) is 44.0 Å². The number of nitrogens with one attached hydrogen (secondary N) is 2. The third-order valence-corrected chi connectivity index (χ3v) is 3.51. The molecule has 3 rings (SSSR count). The van der Waals surface area contributed by atoms with Gasteiger partial charge in [-0.25, -0.2) is 0 Å². The number of piperazine rings is 1. The zero-order valence-corrected chi connectivity index (χ0v) is 10.8. The summed E-state index contributed by atoms with van der Waals surface area (Å²) >= 11 is 0. The number of anilines is 1. The van der Waals surface area contributed by atoms with Crippen LogP contribution >= 0.6 is 0 Å². The van der Waals surface area contributed by atoms with Crippen LogP contribution in [0.3, 0.4) is 0 Å². The van der Waals surface area contributed by atoms with Crippen molar-refractivity contribution in [3.05, 3.63) is 35.9 Å². The van der Waals surface area contributed by atoms with Gasteiger partial charge in [0.1, 0.15) is 6.10 Å². The second-order valence-corrected chi connectivity index (χ2v) is 4.81. The number of nitrogens with zero attached hydrogens (tertiary/aromatic N) is 1. The van der Waals surface area contributed by atoms with Crippen molar-refractivity contribution in [2.75, 3.05) is 37.7 Å². The second-order valence-electron chi connectivity index (χ2n) is 4.81. The van der Waals surface area contributed by atoms with Crippen LogP contribution in [-0.2, 0) is 4.84 Å². The minimum atomic E-state index is -0.247. The standard InChI is InChI=1S/C14H19N3O2/c18-10-13-9-14(16-19-13)11-1-3-12(4-2-11)17-7-5-15-6-8-17/h1-4,9,13,15-16,18H,5-8,10H2. The van der Waals surface area contributed by atoms with Crippen LogP contribution in [0.1, 0.15) is 5.56 Å². The topological polar surface area (TPSA) is 56.8 Å². The quantitative estimate of drug-likeness (QED) is 0.732. The fourth-order valence-corrected chi connectivity index (χ4v) is 2.41. The summed E-state index contributed by atoms with van der Waals surface area (Å²) in [5.41, 5.74) is 6.10.